The molecule has 0 bridgehead atoms. The molecule has 0 unspecified atom stereocenters. The van der Waals surface area contributed by atoms with Crippen molar-refractivity contribution in [3.05, 3.63) is 17.8 Å². The van der Waals surface area contributed by atoms with E-state index in [1.54, 1.807) is 6.07 Å². The van der Waals surface area contributed by atoms with Crippen molar-refractivity contribution in [3.8, 4) is 5.88 Å². The summed E-state index contributed by atoms with van der Waals surface area (Å²) in [5, 5.41) is 7.24. The first kappa shape index (κ1) is 8.90. The van der Waals surface area contributed by atoms with Gasteiger partial charge >= 0.3 is 0 Å². The highest BCUT2D eigenvalue weighted by Crippen LogP contribution is 2.29. The zero-order chi connectivity index (χ0) is 9.19. The van der Waals surface area contributed by atoms with Crippen LogP contribution in [0.15, 0.2) is 12.3 Å². The molecule has 0 amide bonds. The number of alkyl halides is 1. The van der Waals surface area contributed by atoms with E-state index in [-0.39, 0.29) is 5.88 Å². The molecule has 0 fully saturated rings. The van der Waals surface area contributed by atoms with Gasteiger partial charge in [-0.1, -0.05) is 0 Å². The van der Waals surface area contributed by atoms with Gasteiger partial charge in [-0.15, -0.1) is 5.10 Å². The number of methoxy groups -OCH3 is 1. The fraction of sp³-hybridized carbons (Fsp3) is 0.500. The topological polar surface area (TPSA) is 35.0 Å². The van der Waals surface area contributed by atoms with Gasteiger partial charge in [0.25, 0.3) is 0 Å². The molecule has 12 heavy (non-hydrogen) atoms. The van der Waals surface area contributed by atoms with Gasteiger partial charge in [0, 0.05) is 0 Å². The summed E-state index contributed by atoms with van der Waals surface area (Å²) in [5.41, 5.74) is -1.03. The van der Waals surface area contributed by atoms with Crippen LogP contribution in [0.3, 0.4) is 0 Å². The lowest BCUT2D eigenvalue weighted by Crippen LogP contribution is -2.12. The summed E-state index contributed by atoms with van der Waals surface area (Å²) in [6, 6.07) is 1.56. The lowest BCUT2D eigenvalue weighted by atomic mass is 10.0. The van der Waals surface area contributed by atoms with Gasteiger partial charge in [0.05, 0.1) is 18.9 Å². The maximum Gasteiger partial charge on any atom is 0.239 e. The first-order valence-corrected chi connectivity index (χ1v) is 3.61. The highest BCUT2D eigenvalue weighted by atomic mass is 19.1. The quantitative estimate of drug-likeness (QED) is 0.677. The number of rotatable bonds is 2. The molecular formula is C8H11FN2O. The average molecular weight is 170 g/mol. The molecule has 0 radical (unpaired) electrons. The van der Waals surface area contributed by atoms with Crippen molar-refractivity contribution in [1.29, 1.82) is 0 Å². The third-order valence-corrected chi connectivity index (χ3v) is 1.52. The Kier molecular flexibility index (Phi) is 2.26. The van der Waals surface area contributed by atoms with Crippen LogP contribution in [0.4, 0.5) is 4.39 Å². The Morgan fingerprint density at radius 3 is 2.58 bits per heavy atom. The Morgan fingerprint density at radius 2 is 2.17 bits per heavy atom. The molecule has 1 heterocycles. The Morgan fingerprint density at radius 1 is 1.50 bits per heavy atom. The van der Waals surface area contributed by atoms with E-state index in [9.17, 15) is 4.39 Å². The third kappa shape index (κ3) is 1.69. The normalized spacial score (nSPS) is 11.3. The van der Waals surface area contributed by atoms with Crippen LogP contribution in [-0.4, -0.2) is 17.3 Å². The Bertz CT molecular complexity index is 270. The smallest absolute Gasteiger partial charge is 0.239 e. The maximum atomic E-state index is 13.4. The van der Waals surface area contributed by atoms with E-state index in [4.69, 9.17) is 4.74 Å². The van der Waals surface area contributed by atoms with Crippen molar-refractivity contribution in [3.63, 3.8) is 0 Å². The molecule has 0 atom stereocenters. The minimum atomic E-state index is -1.44. The van der Waals surface area contributed by atoms with Crippen LogP contribution in [0, 0.1) is 0 Å². The second kappa shape index (κ2) is 3.05. The number of hydrogen-bond acceptors (Lipinski definition) is 3. The standard InChI is InChI=1S/C8H11FN2O/c1-8(2,9)6-4-5-10-11-7(6)12-3/h4-5H,1-3H3. The summed E-state index contributed by atoms with van der Waals surface area (Å²) in [5.74, 6) is 0.241. The van der Waals surface area contributed by atoms with Gasteiger partial charge in [0.1, 0.15) is 5.67 Å². The average Bonchev–Trinajstić information content (AvgIpc) is 2.03. The summed E-state index contributed by atoms with van der Waals surface area (Å²) in [6.45, 7) is 2.90. The largest absolute Gasteiger partial charge is 0.480 e. The first-order chi connectivity index (χ1) is 5.55. The fourth-order valence-electron chi connectivity index (χ4n) is 0.922. The van der Waals surface area contributed by atoms with E-state index in [0.29, 0.717) is 5.56 Å². The van der Waals surface area contributed by atoms with Gasteiger partial charge < -0.3 is 4.74 Å². The van der Waals surface area contributed by atoms with E-state index in [0.717, 1.165) is 0 Å². The van der Waals surface area contributed by atoms with E-state index < -0.39 is 5.67 Å². The van der Waals surface area contributed by atoms with Crippen molar-refractivity contribution in [2.24, 2.45) is 0 Å². The third-order valence-electron chi connectivity index (χ3n) is 1.52. The van der Waals surface area contributed by atoms with E-state index in [1.165, 1.54) is 27.2 Å². The molecule has 1 aromatic rings. The molecule has 66 valence electrons. The van der Waals surface area contributed by atoms with Crippen LogP contribution in [0.2, 0.25) is 0 Å². The van der Waals surface area contributed by atoms with E-state index >= 15 is 0 Å². The Labute approximate surface area is 70.6 Å². The molecule has 0 N–H and O–H groups in total. The summed E-state index contributed by atoms with van der Waals surface area (Å²) < 4.78 is 18.3. The molecule has 0 saturated heterocycles. The van der Waals surface area contributed by atoms with Crippen molar-refractivity contribution in [1.82, 2.24) is 10.2 Å². The van der Waals surface area contributed by atoms with Crippen LogP contribution in [0.25, 0.3) is 0 Å². The molecule has 0 aliphatic carbocycles. The minimum Gasteiger partial charge on any atom is -0.480 e. The molecule has 0 aliphatic heterocycles. The van der Waals surface area contributed by atoms with Crippen LogP contribution >= 0.6 is 0 Å². The SMILES string of the molecule is COc1nnccc1C(C)(C)F. The fourth-order valence-corrected chi connectivity index (χ4v) is 0.922. The second-order valence-electron chi connectivity index (χ2n) is 2.93. The molecule has 0 aliphatic rings. The van der Waals surface area contributed by atoms with Crippen molar-refractivity contribution in [2.75, 3.05) is 7.11 Å². The van der Waals surface area contributed by atoms with Crippen LogP contribution in [-0.2, 0) is 5.67 Å². The number of nitrogens with zero attached hydrogens (tertiary/aromatic N) is 2. The lowest BCUT2D eigenvalue weighted by Gasteiger charge is -2.15. The highest BCUT2D eigenvalue weighted by molar-refractivity contribution is 5.28. The summed E-state index contributed by atoms with van der Waals surface area (Å²) in [6.07, 6.45) is 1.44. The summed E-state index contributed by atoms with van der Waals surface area (Å²) in [7, 11) is 1.44. The summed E-state index contributed by atoms with van der Waals surface area (Å²) >= 11 is 0. The lowest BCUT2D eigenvalue weighted by molar-refractivity contribution is 0.210. The van der Waals surface area contributed by atoms with Gasteiger partial charge in [-0.3, -0.25) is 0 Å². The van der Waals surface area contributed by atoms with Gasteiger partial charge in [0.15, 0.2) is 0 Å². The second-order valence-corrected chi connectivity index (χ2v) is 2.93. The van der Waals surface area contributed by atoms with Gasteiger partial charge in [-0.2, -0.15) is 5.10 Å². The van der Waals surface area contributed by atoms with Crippen molar-refractivity contribution >= 4 is 0 Å². The van der Waals surface area contributed by atoms with E-state index in [1.807, 2.05) is 0 Å². The summed E-state index contributed by atoms with van der Waals surface area (Å²) in [4.78, 5) is 0. The monoisotopic (exact) mass is 170 g/mol. The maximum absolute atomic E-state index is 13.4. The van der Waals surface area contributed by atoms with Gasteiger partial charge in [0.2, 0.25) is 5.88 Å². The van der Waals surface area contributed by atoms with Crippen LogP contribution in [0.1, 0.15) is 19.4 Å². The molecule has 0 saturated carbocycles. The number of ether oxygens (including phenoxy) is 1. The predicted molar refractivity (Wildman–Crippen MR) is 42.7 cm³/mol. The van der Waals surface area contributed by atoms with Crippen molar-refractivity contribution in [2.45, 2.75) is 19.5 Å². The minimum absolute atomic E-state index is 0.241. The molecule has 3 nitrogen and oxygen atoms in total. The number of hydrogen-bond donors (Lipinski definition) is 0. The van der Waals surface area contributed by atoms with Gasteiger partial charge in [-0.25, -0.2) is 4.39 Å². The molecule has 0 spiro atoms. The van der Waals surface area contributed by atoms with Crippen LogP contribution in [0.5, 0.6) is 5.88 Å². The predicted octanol–water partition coefficient (Wildman–Crippen LogP) is 1.69. The molecule has 4 heteroatoms. The van der Waals surface area contributed by atoms with Gasteiger partial charge in [-0.05, 0) is 19.9 Å². The zero-order valence-corrected chi connectivity index (χ0v) is 7.34. The Balaban J connectivity index is 3.14. The number of aromatic nitrogens is 2. The van der Waals surface area contributed by atoms with E-state index in [2.05, 4.69) is 10.2 Å². The molecular weight excluding hydrogens is 159 g/mol. The first-order valence-electron chi connectivity index (χ1n) is 3.61. The zero-order valence-electron chi connectivity index (χ0n) is 7.34. The van der Waals surface area contributed by atoms with Crippen molar-refractivity contribution < 1.29 is 9.13 Å². The van der Waals surface area contributed by atoms with Crippen LogP contribution < -0.4 is 4.74 Å². The highest BCUT2D eigenvalue weighted by Gasteiger charge is 2.23. The number of halogens is 1. The molecule has 1 aromatic heterocycles. The Hall–Kier alpha value is -1.19. The molecule has 1 rings (SSSR count). The molecule has 0 aromatic carbocycles.